The number of carbonyl (C=O) groups excluding carboxylic acids is 1. The van der Waals surface area contributed by atoms with Crippen LogP contribution in [0.15, 0.2) is 70.7 Å². The minimum Gasteiger partial charge on any atom is -0.494 e. The van der Waals surface area contributed by atoms with Crippen LogP contribution in [0.1, 0.15) is 42.5 Å². The van der Waals surface area contributed by atoms with E-state index in [2.05, 4.69) is 15.6 Å². The van der Waals surface area contributed by atoms with E-state index in [0.717, 1.165) is 66.7 Å². The molecule has 2 bridgehead atoms. The van der Waals surface area contributed by atoms with Gasteiger partial charge in [-0.3, -0.25) is 9.78 Å². The molecule has 3 aliphatic rings. The summed E-state index contributed by atoms with van der Waals surface area (Å²) >= 11 is 0. The first-order chi connectivity index (χ1) is 20.8. The molecule has 1 aliphatic heterocycles. The third-order valence-electron chi connectivity index (χ3n) is 9.58. The van der Waals surface area contributed by atoms with Gasteiger partial charge in [0.15, 0.2) is 5.82 Å². The Morgan fingerprint density at radius 1 is 1.00 bits per heavy atom. The van der Waals surface area contributed by atoms with E-state index in [1.54, 1.807) is 19.2 Å². The lowest BCUT2D eigenvalue weighted by Gasteiger charge is -2.27. The number of carbonyl (C=O) groups is 1. The first kappa shape index (κ1) is 26.4. The van der Waals surface area contributed by atoms with Gasteiger partial charge in [-0.15, -0.1) is 0 Å². The van der Waals surface area contributed by atoms with Crippen molar-refractivity contribution >= 4 is 37.7 Å². The van der Waals surface area contributed by atoms with E-state index in [0.29, 0.717) is 34.7 Å². The number of likely N-dealkylation sites (tertiary alicyclic amines) is 1. The number of ether oxygens (including phenoxy) is 1. The average Bonchev–Trinajstić information content (AvgIpc) is 3.31. The topological polar surface area (TPSA) is 99.3 Å². The van der Waals surface area contributed by atoms with E-state index in [9.17, 15) is 13.2 Å². The highest BCUT2D eigenvalue weighted by Crippen LogP contribution is 2.41. The van der Waals surface area contributed by atoms with Crippen LogP contribution < -0.4 is 4.74 Å². The summed E-state index contributed by atoms with van der Waals surface area (Å²) in [5.41, 5.74) is 3.89. The molecule has 2 aromatic carbocycles. The molecule has 2 atom stereocenters. The van der Waals surface area contributed by atoms with Crippen LogP contribution in [0.5, 0.6) is 5.75 Å². The van der Waals surface area contributed by atoms with Crippen LogP contribution in [-0.4, -0.2) is 58.0 Å². The van der Waals surface area contributed by atoms with Gasteiger partial charge in [-0.2, -0.15) is 0 Å². The van der Waals surface area contributed by atoms with Crippen molar-refractivity contribution < 1.29 is 17.9 Å². The lowest BCUT2D eigenvalue weighted by molar-refractivity contribution is 0.0703. The third-order valence-corrected chi connectivity index (χ3v) is 11.4. The van der Waals surface area contributed by atoms with Crippen LogP contribution in [0.25, 0.3) is 33.5 Å². The van der Waals surface area contributed by atoms with E-state index < -0.39 is 9.84 Å². The predicted molar refractivity (Wildman–Crippen MR) is 163 cm³/mol. The maximum absolute atomic E-state index is 13.6. The maximum atomic E-state index is 13.6. The lowest BCUT2D eigenvalue weighted by Crippen LogP contribution is -2.37. The van der Waals surface area contributed by atoms with Gasteiger partial charge in [-0.1, -0.05) is 6.07 Å². The highest BCUT2D eigenvalue weighted by atomic mass is 32.2. The number of imidazole rings is 1. The van der Waals surface area contributed by atoms with Gasteiger partial charge >= 0.3 is 0 Å². The number of fused-ring (bicyclic) bond motifs is 4. The van der Waals surface area contributed by atoms with Crippen molar-refractivity contribution in [1.82, 2.24) is 24.0 Å². The molecule has 5 aromatic rings. The molecular formula is C33H33N5O4S. The van der Waals surface area contributed by atoms with Crippen molar-refractivity contribution in [1.29, 1.82) is 0 Å². The van der Waals surface area contributed by atoms with Crippen LogP contribution in [0.4, 0.5) is 0 Å². The standard InChI is InChI=1S/C33H33N5O4S/c1-36-31-27(14-23(16-30(31)42-2)33(39)37-19-21-5-7-24(37)13-21)35-32(36)29-15-22-6-8-26(17-28(22)38(29)18-20-3-4-20)43(40,41)25-9-11-34-12-10-25/h6,8-12,14-17,20-21,24H,3-5,7,13,18-19H2,1-2H3. The molecule has 220 valence electrons. The van der Waals surface area contributed by atoms with Crippen molar-refractivity contribution in [3.8, 4) is 17.3 Å². The van der Waals surface area contributed by atoms with Gasteiger partial charge in [0.2, 0.25) is 9.84 Å². The Bertz CT molecular complexity index is 2030. The number of pyridine rings is 1. The second-order valence-corrected chi connectivity index (χ2v) is 14.3. The molecule has 1 amide bonds. The largest absolute Gasteiger partial charge is 0.494 e. The summed E-state index contributed by atoms with van der Waals surface area (Å²) in [7, 11) is -0.111. The van der Waals surface area contributed by atoms with E-state index >= 15 is 0 Å². The fraction of sp³-hybridized carbons (Fsp3) is 0.364. The number of aromatic nitrogens is 4. The molecule has 3 aromatic heterocycles. The third kappa shape index (κ3) is 4.25. The van der Waals surface area contributed by atoms with Crippen LogP contribution in [-0.2, 0) is 23.4 Å². The summed E-state index contributed by atoms with van der Waals surface area (Å²) in [6, 6.07) is 14.5. The Labute approximate surface area is 250 Å². The molecule has 3 fully saturated rings. The molecule has 43 heavy (non-hydrogen) atoms. The summed E-state index contributed by atoms with van der Waals surface area (Å²) < 4.78 is 37.0. The molecule has 0 radical (unpaired) electrons. The van der Waals surface area contributed by atoms with E-state index in [1.807, 2.05) is 34.7 Å². The van der Waals surface area contributed by atoms with Crippen molar-refractivity contribution in [2.75, 3.05) is 13.7 Å². The first-order valence-electron chi connectivity index (χ1n) is 15.0. The molecule has 2 saturated carbocycles. The van der Waals surface area contributed by atoms with Crippen molar-refractivity contribution in [3.63, 3.8) is 0 Å². The number of rotatable bonds is 7. The van der Waals surface area contributed by atoms with Gasteiger partial charge in [0.25, 0.3) is 5.91 Å². The minimum atomic E-state index is -3.70. The number of hydrogen-bond donors (Lipinski definition) is 0. The number of sulfone groups is 1. The van der Waals surface area contributed by atoms with Gasteiger partial charge in [0.05, 0.1) is 28.1 Å². The number of amides is 1. The molecule has 0 spiro atoms. The number of aryl methyl sites for hydroxylation is 1. The molecule has 4 heterocycles. The first-order valence-corrected chi connectivity index (χ1v) is 16.4. The summed E-state index contributed by atoms with van der Waals surface area (Å²) in [4.78, 5) is 25.1. The summed E-state index contributed by atoms with van der Waals surface area (Å²) in [5.74, 6) is 2.56. The highest BCUT2D eigenvalue weighted by molar-refractivity contribution is 7.91. The zero-order valence-corrected chi connectivity index (χ0v) is 25.0. The van der Waals surface area contributed by atoms with Crippen LogP contribution in [0.2, 0.25) is 0 Å². The summed E-state index contributed by atoms with van der Waals surface area (Å²) in [6.45, 7) is 1.61. The summed E-state index contributed by atoms with van der Waals surface area (Å²) in [5, 5.41) is 0.948. The molecule has 1 saturated heterocycles. The zero-order chi connectivity index (χ0) is 29.5. The number of hydrogen-bond acceptors (Lipinski definition) is 6. The fourth-order valence-electron chi connectivity index (χ4n) is 7.15. The highest BCUT2D eigenvalue weighted by Gasteiger charge is 2.40. The van der Waals surface area contributed by atoms with Crippen molar-refractivity contribution in [2.45, 2.75) is 54.5 Å². The van der Waals surface area contributed by atoms with Gasteiger partial charge in [-0.05, 0) is 86.4 Å². The van der Waals surface area contributed by atoms with Crippen molar-refractivity contribution in [3.05, 3.63) is 66.5 Å². The normalized spacial score (nSPS) is 20.0. The van der Waals surface area contributed by atoms with E-state index in [-0.39, 0.29) is 15.7 Å². The molecule has 8 rings (SSSR count). The predicted octanol–water partition coefficient (Wildman–Crippen LogP) is 5.47. The quantitative estimate of drug-likeness (QED) is 0.248. The molecule has 2 unspecified atom stereocenters. The Morgan fingerprint density at radius 3 is 2.51 bits per heavy atom. The smallest absolute Gasteiger partial charge is 0.254 e. The number of methoxy groups -OCH3 is 1. The zero-order valence-electron chi connectivity index (χ0n) is 24.2. The van der Waals surface area contributed by atoms with Gasteiger partial charge in [0.1, 0.15) is 11.3 Å². The monoisotopic (exact) mass is 595 g/mol. The Kier molecular flexibility index (Phi) is 5.95. The molecular weight excluding hydrogens is 562 g/mol. The number of piperidine rings is 1. The average molecular weight is 596 g/mol. The Hall–Kier alpha value is -4.18. The maximum Gasteiger partial charge on any atom is 0.254 e. The van der Waals surface area contributed by atoms with Crippen LogP contribution in [0, 0.1) is 11.8 Å². The van der Waals surface area contributed by atoms with Gasteiger partial charge < -0.3 is 18.8 Å². The minimum absolute atomic E-state index is 0.0467. The molecule has 0 N–H and O–H groups in total. The van der Waals surface area contributed by atoms with Crippen LogP contribution in [0.3, 0.4) is 0 Å². The molecule has 9 nitrogen and oxygen atoms in total. The van der Waals surface area contributed by atoms with E-state index in [1.165, 1.54) is 30.9 Å². The molecule has 10 heteroatoms. The lowest BCUT2D eigenvalue weighted by atomic mass is 10.1. The van der Waals surface area contributed by atoms with Gasteiger partial charge in [-0.25, -0.2) is 13.4 Å². The Morgan fingerprint density at radius 2 is 1.81 bits per heavy atom. The van der Waals surface area contributed by atoms with Crippen molar-refractivity contribution in [2.24, 2.45) is 18.9 Å². The second-order valence-electron chi connectivity index (χ2n) is 12.3. The SMILES string of the molecule is COc1cc(C(=O)N2CC3CCC2C3)cc2nc(-c3cc4ccc(S(=O)(=O)c5ccncc5)cc4n3CC3CC3)n(C)c12. The Balaban J connectivity index is 1.25. The van der Waals surface area contributed by atoms with Crippen LogP contribution >= 0.6 is 0 Å². The fourth-order valence-corrected chi connectivity index (χ4v) is 8.42. The second kappa shape index (κ2) is 9.67. The number of nitrogens with zero attached hydrogens (tertiary/aromatic N) is 5. The van der Waals surface area contributed by atoms with Gasteiger partial charge in [0, 0.05) is 55.0 Å². The number of benzene rings is 2. The molecule has 2 aliphatic carbocycles. The summed E-state index contributed by atoms with van der Waals surface area (Å²) in [6.07, 6.45) is 8.69. The van der Waals surface area contributed by atoms with E-state index in [4.69, 9.17) is 9.72 Å².